The first-order valence-electron chi connectivity index (χ1n) is 7.66. The Morgan fingerprint density at radius 3 is 2.52 bits per heavy atom. The lowest BCUT2D eigenvalue weighted by Crippen LogP contribution is -2.17. The number of hydrogen-bond acceptors (Lipinski definition) is 4. The van der Waals surface area contributed by atoms with Crippen LogP contribution in [0, 0.1) is 0 Å². The van der Waals surface area contributed by atoms with Crippen molar-refractivity contribution < 1.29 is 19.1 Å². The summed E-state index contributed by atoms with van der Waals surface area (Å²) in [6, 6.07) is 14.8. The third kappa shape index (κ3) is 4.64. The minimum Gasteiger partial charge on any atom is -0.478 e. The summed E-state index contributed by atoms with van der Waals surface area (Å²) in [6.45, 7) is 0. The number of amides is 1. The molecule has 0 spiro atoms. The molecule has 0 atom stereocenters. The van der Waals surface area contributed by atoms with Crippen LogP contribution in [0.15, 0.2) is 68.6 Å². The van der Waals surface area contributed by atoms with Gasteiger partial charge in [-0.1, -0.05) is 33.6 Å². The smallest absolute Gasteiger partial charge is 0.337 e. The van der Waals surface area contributed by atoms with Crippen molar-refractivity contribution in [1.29, 1.82) is 0 Å². The van der Waals surface area contributed by atoms with Gasteiger partial charge >= 0.3 is 5.97 Å². The van der Waals surface area contributed by atoms with Crippen LogP contribution in [0.4, 0.5) is 0 Å². The minimum absolute atomic E-state index is 0.0180. The number of nitrogens with one attached hydrogen (secondary N) is 1. The average Bonchev–Trinajstić information content (AvgIpc) is 3.10. The number of hydrazone groups is 1. The first kappa shape index (κ1) is 18.9. The molecule has 1 heterocycles. The van der Waals surface area contributed by atoms with E-state index in [4.69, 9.17) is 21.1 Å². The van der Waals surface area contributed by atoms with Crippen LogP contribution in [0.5, 0.6) is 0 Å². The molecule has 0 fully saturated rings. The zero-order chi connectivity index (χ0) is 19.4. The molecular weight excluding hydrogens is 436 g/mol. The van der Waals surface area contributed by atoms with Gasteiger partial charge in [-0.2, -0.15) is 5.10 Å². The Bertz CT molecular complexity index is 1030. The van der Waals surface area contributed by atoms with E-state index in [2.05, 4.69) is 26.5 Å². The maximum atomic E-state index is 12.0. The SMILES string of the molecule is O=C(N/N=C/c1ccc(-c2ccc(C(=O)O)c(Cl)c2)o1)c1ccc(Br)cc1. The fraction of sp³-hybridized carbons (Fsp3) is 0. The lowest BCUT2D eigenvalue weighted by Gasteiger charge is -2.01. The van der Waals surface area contributed by atoms with E-state index in [-0.39, 0.29) is 16.5 Å². The van der Waals surface area contributed by atoms with Crippen LogP contribution in [-0.4, -0.2) is 23.2 Å². The number of furan rings is 1. The molecule has 2 N–H and O–H groups in total. The molecule has 0 aliphatic heterocycles. The zero-order valence-corrected chi connectivity index (χ0v) is 16.0. The molecule has 27 heavy (non-hydrogen) atoms. The van der Waals surface area contributed by atoms with Crippen LogP contribution in [0.3, 0.4) is 0 Å². The number of halogens is 2. The second-order valence-electron chi connectivity index (χ2n) is 5.41. The minimum atomic E-state index is -1.10. The average molecular weight is 448 g/mol. The maximum Gasteiger partial charge on any atom is 0.337 e. The first-order valence-corrected chi connectivity index (χ1v) is 8.83. The Kier molecular flexibility index (Phi) is 5.73. The first-order chi connectivity index (χ1) is 12.9. The Morgan fingerprint density at radius 2 is 1.85 bits per heavy atom. The van der Waals surface area contributed by atoms with E-state index in [1.807, 2.05) is 0 Å². The quantitative estimate of drug-likeness (QED) is 0.433. The molecule has 0 saturated heterocycles. The molecule has 1 aromatic heterocycles. The van der Waals surface area contributed by atoms with Gasteiger partial charge in [-0.05, 0) is 48.5 Å². The van der Waals surface area contributed by atoms with Crippen molar-refractivity contribution in [3.05, 3.63) is 81.0 Å². The third-order valence-corrected chi connectivity index (χ3v) is 4.42. The molecule has 0 aliphatic carbocycles. The van der Waals surface area contributed by atoms with E-state index in [0.29, 0.717) is 22.6 Å². The molecule has 3 rings (SSSR count). The molecule has 8 heteroatoms. The van der Waals surface area contributed by atoms with Crippen molar-refractivity contribution >= 4 is 45.6 Å². The number of carboxylic acids is 1. The molecule has 2 aromatic carbocycles. The lowest BCUT2D eigenvalue weighted by molar-refractivity contribution is 0.0696. The molecule has 0 unspecified atom stereocenters. The van der Waals surface area contributed by atoms with E-state index < -0.39 is 5.97 Å². The standard InChI is InChI=1S/C19H12BrClN2O4/c20-13-4-1-11(2-5-13)18(24)23-22-10-14-6-8-17(27-14)12-3-7-15(19(25)26)16(21)9-12/h1-10H,(H,23,24)(H,25,26)/b22-10+. The molecule has 0 bridgehead atoms. The second kappa shape index (κ2) is 8.20. The summed E-state index contributed by atoms with van der Waals surface area (Å²) in [4.78, 5) is 23.0. The predicted octanol–water partition coefficient (Wildman–Crippen LogP) is 4.82. The molecule has 136 valence electrons. The van der Waals surface area contributed by atoms with Crippen molar-refractivity contribution in [3.63, 3.8) is 0 Å². The topological polar surface area (TPSA) is 91.9 Å². The van der Waals surface area contributed by atoms with Gasteiger partial charge in [0.2, 0.25) is 0 Å². The highest BCUT2D eigenvalue weighted by Gasteiger charge is 2.11. The van der Waals surface area contributed by atoms with E-state index in [1.54, 1.807) is 42.5 Å². The van der Waals surface area contributed by atoms with Gasteiger partial charge in [0.15, 0.2) is 0 Å². The van der Waals surface area contributed by atoms with Crippen molar-refractivity contribution in [2.75, 3.05) is 0 Å². The monoisotopic (exact) mass is 446 g/mol. The van der Waals surface area contributed by atoms with Gasteiger partial charge in [0.1, 0.15) is 11.5 Å². The third-order valence-electron chi connectivity index (χ3n) is 3.58. The van der Waals surface area contributed by atoms with Crippen LogP contribution < -0.4 is 5.43 Å². The van der Waals surface area contributed by atoms with Gasteiger partial charge < -0.3 is 9.52 Å². The van der Waals surface area contributed by atoms with Crippen LogP contribution in [0.2, 0.25) is 5.02 Å². The highest BCUT2D eigenvalue weighted by atomic mass is 79.9. The number of hydrogen-bond donors (Lipinski definition) is 2. The number of benzene rings is 2. The lowest BCUT2D eigenvalue weighted by atomic mass is 10.1. The van der Waals surface area contributed by atoms with Gasteiger partial charge in [-0.25, -0.2) is 10.2 Å². The fourth-order valence-electron chi connectivity index (χ4n) is 2.24. The number of nitrogens with zero attached hydrogens (tertiary/aromatic N) is 1. The van der Waals surface area contributed by atoms with E-state index in [9.17, 15) is 9.59 Å². The molecule has 1 amide bonds. The van der Waals surface area contributed by atoms with Gasteiger partial charge in [-0.3, -0.25) is 4.79 Å². The highest BCUT2D eigenvalue weighted by molar-refractivity contribution is 9.10. The summed E-state index contributed by atoms with van der Waals surface area (Å²) < 4.78 is 6.49. The van der Waals surface area contributed by atoms with E-state index in [1.165, 1.54) is 18.3 Å². The number of carboxylic acid groups (broad SMARTS) is 1. The Balaban J connectivity index is 1.68. The molecular formula is C19H12BrClN2O4. The summed E-state index contributed by atoms with van der Waals surface area (Å²) in [7, 11) is 0. The molecule has 3 aromatic rings. The van der Waals surface area contributed by atoms with Crippen LogP contribution in [-0.2, 0) is 0 Å². The number of aromatic carboxylic acids is 1. The largest absolute Gasteiger partial charge is 0.478 e. The van der Waals surface area contributed by atoms with Gasteiger partial charge in [0.25, 0.3) is 5.91 Å². The molecule has 0 saturated carbocycles. The van der Waals surface area contributed by atoms with Crippen LogP contribution in [0.25, 0.3) is 11.3 Å². The summed E-state index contributed by atoms with van der Waals surface area (Å²) in [5.41, 5.74) is 3.54. The van der Waals surface area contributed by atoms with Gasteiger partial charge in [-0.15, -0.1) is 0 Å². The highest BCUT2D eigenvalue weighted by Crippen LogP contribution is 2.27. The second-order valence-corrected chi connectivity index (χ2v) is 6.73. The molecule has 0 aliphatic rings. The summed E-state index contributed by atoms with van der Waals surface area (Å²) in [5.74, 6) is -0.532. The molecule has 0 radical (unpaired) electrons. The Labute approximate surface area is 167 Å². The van der Waals surface area contributed by atoms with Gasteiger partial charge in [0, 0.05) is 15.6 Å². The van der Waals surface area contributed by atoms with Crippen molar-refractivity contribution in [2.45, 2.75) is 0 Å². The van der Waals surface area contributed by atoms with Crippen LogP contribution >= 0.6 is 27.5 Å². The zero-order valence-electron chi connectivity index (χ0n) is 13.6. The van der Waals surface area contributed by atoms with E-state index >= 15 is 0 Å². The summed E-state index contributed by atoms with van der Waals surface area (Å²) >= 11 is 9.27. The fourth-order valence-corrected chi connectivity index (χ4v) is 2.77. The van der Waals surface area contributed by atoms with Crippen molar-refractivity contribution in [1.82, 2.24) is 5.43 Å². The normalized spacial score (nSPS) is 10.9. The Morgan fingerprint density at radius 1 is 1.11 bits per heavy atom. The number of carbonyl (C=O) groups is 2. The number of rotatable bonds is 5. The predicted molar refractivity (Wildman–Crippen MR) is 105 cm³/mol. The maximum absolute atomic E-state index is 12.0. The van der Waals surface area contributed by atoms with E-state index in [0.717, 1.165) is 4.47 Å². The summed E-state index contributed by atoms with van der Waals surface area (Å²) in [5, 5.41) is 13.0. The van der Waals surface area contributed by atoms with Crippen molar-refractivity contribution in [3.8, 4) is 11.3 Å². The summed E-state index contributed by atoms with van der Waals surface area (Å²) in [6.07, 6.45) is 1.37. The van der Waals surface area contributed by atoms with Crippen LogP contribution in [0.1, 0.15) is 26.5 Å². The number of carbonyl (C=O) groups excluding carboxylic acids is 1. The molecule has 6 nitrogen and oxygen atoms in total. The van der Waals surface area contributed by atoms with Crippen molar-refractivity contribution in [2.24, 2.45) is 5.10 Å². The van der Waals surface area contributed by atoms with Gasteiger partial charge in [0.05, 0.1) is 16.8 Å². The Hall–Kier alpha value is -2.90.